The summed E-state index contributed by atoms with van der Waals surface area (Å²) in [6.45, 7) is 0. The van der Waals surface area contributed by atoms with Gasteiger partial charge in [-0.2, -0.15) is 0 Å². The molecule has 2 aliphatic rings. The maximum atomic E-state index is 12.1. The van der Waals surface area contributed by atoms with Crippen LogP contribution in [0.15, 0.2) is 12.4 Å². The number of ether oxygens (including phenoxy) is 1. The van der Waals surface area contributed by atoms with Gasteiger partial charge in [-0.15, -0.1) is 0 Å². The molecule has 2 bridgehead atoms. The molecule has 3 heterocycles. The normalized spacial score (nSPS) is 32.2. The number of aromatic nitrogens is 2. The smallest absolute Gasteiger partial charge is 0.146 e. The van der Waals surface area contributed by atoms with Gasteiger partial charge in [0.25, 0.3) is 0 Å². The molecular formula is C12H16N2O2. The summed E-state index contributed by atoms with van der Waals surface area (Å²) in [5, 5.41) is 0. The average molecular weight is 220 g/mol. The Kier molecular flexibility index (Phi) is 2.32. The van der Waals surface area contributed by atoms with Crippen LogP contribution in [-0.2, 0) is 23.0 Å². The second kappa shape index (κ2) is 3.70. The Morgan fingerprint density at radius 3 is 3.06 bits per heavy atom. The molecule has 2 saturated heterocycles. The zero-order valence-corrected chi connectivity index (χ0v) is 9.43. The molecule has 0 aromatic carbocycles. The SMILES string of the molecule is Cn1ccnc1CC(=O)C1CC2CCC1O2. The maximum absolute atomic E-state index is 12.1. The van der Waals surface area contributed by atoms with Crippen LogP contribution in [0.25, 0.3) is 0 Å². The van der Waals surface area contributed by atoms with Crippen LogP contribution in [-0.4, -0.2) is 27.5 Å². The number of imidazole rings is 1. The standard InChI is InChI=1S/C12H16N2O2/c1-14-5-4-13-12(14)7-10(15)9-6-8-2-3-11(9)16-8/h4-5,8-9,11H,2-3,6-7H2,1H3. The summed E-state index contributed by atoms with van der Waals surface area (Å²) in [7, 11) is 1.92. The first-order valence-electron chi connectivity index (χ1n) is 5.88. The maximum Gasteiger partial charge on any atom is 0.146 e. The fourth-order valence-electron chi connectivity index (χ4n) is 2.83. The number of rotatable bonds is 3. The van der Waals surface area contributed by atoms with Gasteiger partial charge < -0.3 is 9.30 Å². The van der Waals surface area contributed by atoms with Crippen LogP contribution < -0.4 is 0 Å². The van der Waals surface area contributed by atoms with E-state index >= 15 is 0 Å². The van der Waals surface area contributed by atoms with Crippen LogP contribution in [0.5, 0.6) is 0 Å². The van der Waals surface area contributed by atoms with Crippen molar-refractivity contribution in [1.29, 1.82) is 0 Å². The summed E-state index contributed by atoms with van der Waals surface area (Å²) < 4.78 is 7.62. The Hall–Kier alpha value is -1.16. The predicted molar refractivity (Wildman–Crippen MR) is 57.9 cm³/mol. The number of hydrogen-bond donors (Lipinski definition) is 0. The van der Waals surface area contributed by atoms with Gasteiger partial charge in [0.2, 0.25) is 0 Å². The molecule has 0 amide bonds. The van der Waals surface area contributed by atoms with Crippen molar-refractivity contribution in [3.8, 4) is 0 Å². The molecule has 1 aromatic rings. The molecule has 4 heteroatoms. The molecule has 0 radical (unpaired) electrons. The summed E-state index contributed by atoms with van der Waals surface area (Å²) in [5.74, 6) is 1.27. The Balaban J connectivity index is 1.68. The van der Waals surface area contributed by atoms with Crippen molar-refractivity contribution in [1.82, 2.24) is 9.55 Å². The molecule has 1 aromatic heterocycles. The number of fused-ring (bicyclic) bond motifs is 2. The number of nitrogens with zero attached hydrogens (tertiary/aromatic N) is 2. The molecule has 3 atom stereocenters. The third kappa shape index (κ3) is 1.57. The molecule has 0 spiro atoms. The zero-order chi connectivity index (χ0) is 11.1. The number of ketones is 1. The van der Waals surface area contributed by atoms with E-state index in [0.717, 1.165) is 25.1 Å². The van der Waals surface area contributed by atoms with Crippen LogP contribution in [0.4, 0.5) is 0 Å². The van der Waals surface area contributed by atoms with E-state index in [1.807, 2.05) is 17.8 Å². The van der Waals surface area contributed by atoms with Crippen LogP contribution in [0.2, 0.25) is 0 Å². The van der Waals surface area contributed by atoms with E-state index in [-0.39, 0.29) is 12.0 Å². The third-order valence-electron chi connectivity index (χ3n) is 3.77. The van der Waals surface area contributed by atoms with Crippen molar-refractivity contribution in [2.75, 3.05) is 0 Å². The van der Waals surface area contributed by atoms with E-state index in [0.29, 0.717) is 18.3 Å². The molecule has 0 saturated carbocycles. The summed E-state index contributed by atoms with van der Waals surface area (Å²) in [6, 6.07) is 0. The van der Waals surface area contributed by atoms with E-state index in [1.165, 1.54) is 0 Å². The van der Waals surface area contributed by atoms with Gasteiger partial charge in [0.1, 0.15) is 11.6 Å². The zero-order valence-electron chi connectivity index (χ0n) is 9.43. The summed E-state index contributed by atoms with van der Waals surface area (Å²) in [4.78, 5) is 16.3. The van der Waals surface area contributed by atoms with Gasteiger partial charge in [-0.05, 0) is 19.3 Å². The molecule has 3 rings (SSSR count). The van der Waals surface area contributed by atoms with Crippen LogP contribution in [0, 0.1) is 5.92 Å². The Labute approximate surface area is 94.6 Å². The monoisotopic (exact) mass is 220 g/mol. The fourth-order valence-corrected chi connectivity index (χ4v) is 2.83. The van der Waals surface area contributed by atoms with Crippen molar-refractivity contribution in [3.05, 3.63) is 18.2 Å². The first kappa shape index (κ1) is 10.0. The van der Waals surface area contributed by atoms with Crippen molar-refractivity contribution >= 4 is 5.78 Å². The van der Waals surface area contributed by atoms with Gasteiger partial charge in [0.15, 0.2) is 0 Å². The average Bonchev–Trinajstić information content (AvgIpc) is 2.95. The topological polar surface area (TPSA) is 44.1 Å². The molecule has 3 unspecified atom stereocenters. The lowest BCUT2D eigenvalue weighted by molar-refractivity contribution is -0.123. The second-order valence-electron chi connectivity index (χ2n) is 4.81. The van der Waals surface area contributed by atoms with Crippen molar-refractivity contribution in [3.63, 3.8) is 0 Å². The van der Waals surface area contributed by atoms with E-state index in [9.17, 15) is 4.79 Å². The van der Waals surface area contributed by atoms with Gasteiger partial charge in [-0.1, -0.05) is 0 Å². The first-order chi connectivity index (χ1) is 7.74. The molecule has 2 fully saturated rings. The quantitative estimate of drug-likeness (QED) is 0.766. The Morgan fingerprint density at radius 1 is 1.62 bits per heavy atom. The van der Waals surface area contributed by atoms with Crippen LogP contribution in [0.3, 0.4) is 0 Å². The minimum atomic E-state index is 0.121. The van der Waals surface area contributed by atoms with Gasteiger partial charge in [0, 0.05) is 25.4 Å². The fraction of sp³-hybridized carbons (Fsp3) is 0.667. The Morgan fingerprint density at radius 2 is 2.50 bits per heavy atom. The Bertz CT molecular complexity index is 413. The highest BCUT2D eigenvalue weighted by Crippen LogP contribution is 2.39. The summed E-state index contributed by atoms with van der Waals surface area (Å²) in [6.07, 6.45) is 7.71. The summed E-state index contributed by atoms with van der Waals surface area (Å²) >= 11 is 0. The van der Waals surface area contributed by atoms with Crippen molar-refractivity contribution in [2.45, 2.75) is 37.9 Å². The lowest BCUT2D eigenvalue weighted by atomic mass is 9.85. The second-order valence-corrected chi connectivity index (χ2v) is 4.81. The van der Waals surface area contributed by atoms with Gasteiger partial charge in [0.05, 0.1) is 18.6 Å². The van der Waals surface area contributed by atoms with E-state index in [1.54, 1.807) is 6.20 Å². The van der Waals surface area contributed by atoms with Crippen LogP contribution >= 0.6 is 0 Å². The van der Waals surface area contributed by atoms with E-state index in [2.05, 4.69) is 4.98 Å². The van der Waals surface area contributed by atoms with Crippen LogP contribution in [0.1, 0.15) is 25.1 Å². The number of Topliss-reactive ketones (excluding diaryl/α,β-unsaturated/α-hetero) is 1. The van der Waals surface area contributed by atoms with Crippen molar-refractivity contribution in [2.24, 2.45) is 13.0 Å². The molecule has 16 heavy (non-hydrogen) atoms. The van der Waals surface area contributed by atoms with E-state index < -0.39 is 0 Å². The third-order valence-corrected chi connectivity index (χ3v) is 3.77. The molecule has 0 aliphatic carbocycles. The van der Waals surface area contributed by atoms with E-state index in [4.69, 9.17) is 4.74 Å². The lowest BCUT2D eigenvalue weighted by Crippen LogP contribution is -2.27. The predicted octanol–water partition coefficient (Wildman–Crippen LogP) is 1.10. The highest BCUT2D eigenvalue weighted by molar-refractivity contribution is 5.83. The number of carbonyl (C=O) groups is 1. The number of aryl methyl sites for hydroxylation is 1. The first-order valence-corrected chi connectivity index (χ1v) is 5.88. The largest absolute Gasteiger partial charge is 0.374 e. The molecule has 2 aliphatic heterocycles. The van der Waals surface area contributed by atoms with Crippen molar-refractivity contribution < 1.29 is 9.53 Å². The highest BCUT2D eigenvalue weighted by Gasteiger charge is 2.44. The molecule has 0 N–H and O–H groups in total. The molecule has 86 valence electrons. The number of hydrogen-bond acceptors (Lipinski definition) is 3. The van der Waals surface area contributed by atoms with Gasteiger partial charge in [-0.3, -0.25) is 4.79 Å². The number of carbonyl (C=O) groups excluding carboxylic acids is 1. The minimum absolute atomic E-state index is 0.121. The summed E-state index contributed by atoms with van der Waals surface area (Å²) in [5.41, 5.74) is 0. The molecular weight excluding hydrogens is 204 g/mol. The van der Waals surface area contributed by atoms with Gasteiger partial charge >= 0.3 is 0 Å². The molecule has 4 nitrogen and oxygen atoms in total. The minimum Gasteiger partial charge on any atom is -0.374 e. The van der Waals surface area contributed by atoms with Gasteiger partial charge in [-0.25, -0.2) is 4.98 Å². The highest BCUT2D eigenvalue weighted by atomic mass is 16.5. The lowest BCUT2D eigenvalue weighted by Gasteiger charge is -2.16.